The highest BCUT2D eigenvalue weighted by molar-refractivity contribution is 5.91. The van der Waals surface area contributed by atoms with Gasteiger partial charge in [-0.25, -0.2) is 4.79 Å². The highest BCUT2D eigenvalue weighted by atomic mass is 16.6. The smallest absolute Gasteiger partial charge is 0.349 e. The van der Waals surface area contributed by atoms with E-state index in [1.54, 1.807) is 0 Å². The molecule has 0 amide bonds. The van der Waals surface area contributed by atoms with E-state index in [0.29, 0.717) is 5.56 Å². The molecule has 9 nitrogen and oxygen atoms in total. The Bertz CT molecular complexity index is 781. The van der Waals surface area contributed by atoms with Crippen LogP contribution in [0, 0.1) is 10.1 Å². The molecule has 1 heterocycles. The van der Waals surface area contributed by atoms with E-state index in [-0.39, 0.29) is 17.9 Å². The summed E-state index contributed by atoms with van der Waals surface area (Å²) in [5.74, 6) is -1.61. The number of hydrogen-bond acceptors (Lipinski definition) is 7. The molecular weight excluding hydrogens is 294 g/mol. The summed E-state index contributed by atoms with van der Waals surface area (Å²) in [4.78, 5) is 39.2. The number of rotatable bonds is 4. The van der Waals surface area contributed by atoms with Crippen molar-refractivity contribution in [1.29, 1.82) is 0 Å². The summed E-state index contributed by atoms with van der Waals surface area (Å²) in [6, 6.07) is 5.64. The number of nitrogens with zero attached hydrogens (tertiary/aromatic N) is 2. The summed E-state index contributed by atoms with van der Waals surface area (Å²) in [7, 11) is 1.08. The molecule has 1 aromatic carbocycles. The first-order valence-corrected chi connectivity index (χ1v) is 6.06. The number of nitrogens with one attached hydrogen (secondary N) is 1. The molecule has 2 N–H and O–H groups in total. The van der Waals surface area contributed by atoms with Crippen LogP contribution in [0.5, 0.6) is 5.88 Å². The Labute approximate surface area is 123 Å². The van der Waals surface area contributed by atoms with Crippen molar-refractivity contribution in [1.82, 2.24) is 9.97 Å². The monoisotopic (exact) mass is 305 g/mol. The number of aromatic hydroxyl groups is 1. The number of ether oxygens (including phenoxy) is 1. The van der Waals surface area contributed by atoms with Gasteiger partial charge in [0.1, 0.15) is 5.82 Å². The van der Waals surface area contributed by atoms with Crippen LogP contribution in [0.15, 0.2) is 29.1 Å². The van der Waals surface area contributed by atoms with Gasteiger partial charge in [-0.05, 0) is 5.56 Å². The van der Waals surface area contributed by atoms with Crippen molar-refractivity contribution in [2.24, 2.45) is 0 Å². The molecule has 0 bridgehead atoms. The van der Waals surface area contributed by atoms with Gasteiger partial charge in [-0.1, -0.05) is 12.1 Å². The number of H-pyrrole nitrogens is 1. The highest BCUT2D eigenvalue weighted by Crippen LogP contribution is 2.15. The molecule has 0 atom stereocenters. The molecule has 9 heteroatoms. The van der Waals surface area contributed by atoms with Crippen LogP contribution in [0.1, 0.15) is 21.7 Å². The fourth-order valence-electron chi connectivity index (χ4n) is 1.81. The minimum atomic E-state index is -0.992. The molecule has 0 saturated carbocycles. The second-order valence-corrected chi connectivity index (χ2v) is 4.30. The summed E-state index contributed by atoms with van der Waals surface area (Å²) >= 11 is 0. The van der Waals surface area contributed by atoms with Crippen molar-refractivity contribution < 1.29 is 19.6 Å². The largest absolute Gasteiger partial charge is 0.492 e. The Balaban J connectivity index is 2.29. The van der Waals surface area contributed by atoms with Gasteiger partial charge in [0.2, 0.25) is 5.88 Å². The molecule has 0 saturated heterocycles. The predicted octanol–water partition coefficient (Wildman–Crippen LogP) is 0.761. The van der Waals surface area contributed by atoms with E-state index in [1.165, 1.54) is 24.3 Å². The maximum absolute atomic E-state index is 11.7. The molecule has 0 fully saturated rings. The lowest BCUT2D eigenvalue weighted by Crippen LogP contribution is -2.22. The van der Waals surface area contributed by atoms with Gasteiger partial charge < -0.3 is 14.8 Å². The molecule has 1 aromatic heterocycles. The van der Waals surface area contributed by atoms with Gasteiger partial charge >= 0.3 is 5.97 Å². The Morgan fingerprint density at radius 2 is 2.05 bits per heavy atom. The SMILES string of the molecule is COC(=O)c1c(O)nc(Cc2ccc([N+](=O)[O-])cc2)[nH]c1=O. The Morgan fingerprint density at radius 3 is 2.55 bits per heavy atom. The normalized spacial score (nSPS) is 10.2. The van der Waals surface area contributed by atoms with Gasteiger partial charge in [-0.15, -0.1) is 0 Å². The van der Waals surface area contributed by atoms with Crippen molar-refractivity contribution in [2.75, 3.05) is 7.11 Å². The van der Waals surface area contributed by atoms with Gasteiger partial charge in [-0.3, -0.25) is 14.9 Å². The minimum absolute atomic E-state index is 0.0610. The quantitative estimate of drug-likeness (QED) is 0.483. The number of methoxy groups -OCH3 is 1. The van der Waals surface area contributed by atoms with Crippen molar-refractivity contribution in [2.45, 2.75) is 6.42 Å². The number of non-ortho nitro benzene ring substituents is 1. The van der Waals surface area contributed by atoms with Gasteiger partial charge in [0.05, 0.1) is 12.0 Å². The van der Waals surface area contributed by atoms with Crippen LogP contribution in [-0.2, 0) is 11.2 Å². The van der Waals surface area contributed by atoms with Crippen molar-refractivity contribution in [3.8, 4) is 5.88 Å². The average molecular weight is 305 g/mol. The molecule has 2 aromatic rings. The van der Waals surface area contributed by atoms with Crippen LogP contribution in [0.4, 0.5) is 5.69 Å². The van der Waals surface area contributed by atoms with E-state index >= 15 is 0 Å². The van der Waals surface area contributed by atoms with Gasteiger partial charge in [0, 0.05) is 18.6 Å². The number of nitro groups is 1. The van der Waals surface area contributed by atoms with Crippen LogP contribution in [0.2, 0.25) is 0 Å². The zero-order valence-corrected chi connectivity index (χ0v) is 11.4. The number of carbonyl (C=O) groups excluding carboxylic acids is 1. The lowest BCUT2D eigenvalue weighted by molar-refractivity contribution is -0.384. The molecule has 0 aliphatic heterocycles. The average Bonchev–Trinajstić information content (AvgIpc) is 2.46. The number of carbonyl (C=O) groups is 1. The molecule has 22 heavy (non-hydrogen) atoms. The number of esters is 1. The number of aromatic nitrogens is 2. The molecule has 0 aliphatic carbocycles. The molecule has 0 aliphatic rings. The summed E-state index contributed by atoms with van der Waals surface area (Å²) in [5, 5.41) is 20.2. The van der Waals surface area contributed by atoms with Crippen molar-refractivity contribution in [3.63, 3.8) is 0 Å². The predicted molar refractivity (Wildman–Crippen MR) is 73.8 cm³/mol. The third-order valence-corrected chi connectivity index (χ3v) is 2.86. The van der Waals surface area contributed by atoms with Crippen molar-refractivity contribution in [3.05, 3.63) is 61.7 Å². The first kappa shape index (κ1) is 15.2. The Hall–Kier alpha value is -3.23. The fourth-order valence-corrected chi connectivity index (χ4v) is 1.81. The summed E-state index contributed by atoms with van der Waals surface area (Å²) in [5.41, 5.74) is -0.820. The topological polar surface area (TPSA) is 135 Å². The summed E-state index contributed by atoms with van der Waals surface area (Å²) < 4.78 is 4.37. The second kappa shape index (κ2) is 6.04. The summed E-state index contributed by atoms with van der Waals surface area (Å²) in [6.07, 6.45) is 0.127. The van der Waals surface area contributed by atoms with Gasteiger partial charge in [0.15, 0.2) is 5.56 Å². The number of nitro benzene ring substituents is 1. The molecule has 0 spiro atoms. The maximum atomic E-state index is 11.7. The lowest BCUT2D eigenvalue weighted by Gasteiger charge is -2.05. The van der Waals surface area contributed by atoms with E-state index in [0.717, 1.165) is 7.11 Å². The zero-order chi connectivity index (χ0) is 16.3. The number of benzene rings is 1. The molecule has 114 valence electrons. The summed E-state index contributed by atoms with van der Waals surface area (Å²) in [6.45, 7) is 0. The van der Waals surface area contributed by atoms with E-state index in [9.17, 15) is 24.8 Å². The van der Waals surface area contributed by atoms with E-state index < -0.39 is 27.9 Å². The fraction of sp³-hybridized carbons (Fsp3) is 0.154. The third kappa shape index (κ3) is 3.08. The lowest BCUT2D eigenvalue weighted by atomic mass is 10.1. The minimum Gasteiger partial charge on any atom is -0.492 e. The van der Waals surface area contributed by atoms with Crippen LogP contribution >= 0.6 is 0 Å². The first-order valence-electron chi connectivity index (χ1n) is 6.06. The molecule has 0 unspecified atom stereocenters. The highest BCUT2D eigenvalue weighted by Gasteiger charge is 2.19. The zero-order valence-electron chi connectivity index (χ0n) is 11.4. The van der Waals surface area contributed by atoms with Gasteiger partial charge in [0.25, 0.3) is 11.2 Å². The standard InChI is InChI=1S/C13H11N3O6/c1-22-13(19)10-11(17)14-9(15-12(10)18)6-7-2-4-8(5-3-7)16(20)21/h2-5H,6H2,1H3,(H2,14,15,17,18). The number of hydrogen-bond donors (Lipinski definition) is 2. The Kier molecular flexibility index (Phi) is 4.16. The van der Waals surface area contributed by atoms with Crippen LogP contribution in [0.25, 0.3) is 0 Å². The van der Waals surface area contributed by atoms with E-state index in [1.807, 2.05) is 0 Å². The van der Waals surface area contributed by atoms with Crippen LogP contribution < -0.4 is 5.56 Å². The van der Waals surface area contributed by atoms with Crippen LogP contribution in [0.3, 0.4) is 0 Å². The molecule has 2 rings (SSSR count). The second-order valence-electron chi connectivity index (χ2n) is 4.30. The van der Waals surface area contributed by atoms with E-state index in [4.69, 9.17) is 0 Å². The van der Waals surface area contributed by atoms with Crippen LogP contribution in [-0.4, -0.2) is 33.1 Å². The molecule has 0 radical (unpaired) electrons. The maximum Gasteiger partial charge on any atom is 0.349 e. The first-order chi connectivity index (χ1) is 10.4. The van der Waals surface area contributed by atoms with Crippen molar-refractivity contribution >= 4 is 11.7 Å². The van der Waals surface area contributed by atoms with Gasteiger partial charge in [-0.2, -0.15) is 4.98 Å². The number of aromatic amines is 1. The van der Waals surface area contributed by atoms with E-state index in [2.05, 4.69) is 14.7 Å². The molecular formula is C13H11N3O6. The third-order valence-electron chi connectivity index (χ3n) is 2.86. The Morgan fingerprint density at radius 1 is 1.41 bits per heavy atom.